The molecule has 0 amide bonds. The predicted octanol–water partition coefficient (Wildman–Crippen LogP) is 2.32. The molecule has 0 spiro atoms. The molecular weight excluding hydrogens is 366 g/mol. The van der Waals surface area contributed by atoms with Crippen LogP contribution in [0.15, 0.2) is 23.2 Å². The smallest absolute Gasteiger partial charge is 0.191 e. The fourth-order valence-corrected chi connectivity index (χ4v) is 4.18. The monoisotopic (exact) mass is 403 g/mol. The van der Waals surface area contributed by atoms with Crippen molar-refractivity contribution in [1.82, 2.24) is 15.5 Å². The van der Waals surface area contributed by atoms with Gasteiger partial charge >= 0.3 is 0 Å². The molecule has 0 bridgehead atoms. The van der Waals surface area contributed by atoms with Gasteiger partial charge in [0, 0.05) is 55.6 Å². The van der Waals surface area contributed by atoms with E-state index >= 15 is 0 Å². The maximum Gasteiger partial charge on any atom is 0.191 e. The van der Waals surface area contributed by atoms with E-state index in [4.69, 9.17) is 14.5 Å². The Kier molecular flexibility index (Phi) is 7.86. The van der Waals surface area contributed by atoms with E-state index in [-0.39, 0.29) is 0 Å². The molecule has 7 heteroatoms. The molecule has 1 aromatic rings. The van der Waals surface area contributed by atoms with Gasteiger partial charge in [0.15, 0.2) is 5.96 Å². The van der Waals surface area contributed by atoms with E-state index in [1.165, 1.54) is 19.4 Å². The third-order valence-electron chi connectivity index (χ3n) is 6.01. The van der Waals surface area contributed by atoms with Crippen LogP contribution in [-0.4, -0.2) is 76.9 Å². The molecule has 3 rings (SSSR count). The van der Waals surface area contributed by atoms with Gasteiger partial charge in [-0.15, -0.1) is 0 Å². The highest BCUT2D eigenvalue weighted by Crippen LogP contribution is 2.30. The standard InChI is InChI=1S/C22H37N5O2/c1-5-23-22(24-16-18-7-6-10-26(18)2)25-17-8-11-27(12-9-17)19-13-20(28-3)15-21(14-19)29-4/h13-15,17-18H,5-12,16H2,1-4H3,(H2,23,24,25). The summed E-state index contributed by atoms with van der Waals surface area (Å²) in [7, 11) is 5.59. The number of piperidine rings is 1. The van der Waals surface area contributed by atoms with Crippen LogP contribution in [0, 0.1) is 0 Å². The summed E-state index contributed by atoms with van der Waals surface area (Å²) in [5, 5.41) is 7.07. The van der Waals surface area contributed by atoms with E-state index in [0.29, 0.717) is 12.1 Å². The highest BCUT2D eigenvalue weighted by atomic mass is 16.5. The number of nitrogens with one attached hydrogen (secondary N) is 2. The van der Waals surface area contributed by atoms with Gasteiger partial charge in [-0.1, -0.05) is 0 Å². The molecule has 1 atom stereocenters. The molecule has 29 heavy (non-hydrogen) atoms. The lowest BCUT2D eigenvalue weighted by Crippen LogP contribution is -2.49. The minimum absolute atomic E-state index is 0.442. The highest BCUT2D eigenvalue weighted by Gasteiger charge is 2.23. The number of nitrogens with zero attached hydrogens (tertiary/aromatic N) is 3. The molecule has 0 radical (unpaired) electrons. The first-order valence-electron chi connectivity index (χ1n) is 10.9. The summed E-state index contributed by atoms with van der Waals surface area (Å²) in [6, 6.07) is 7.10. The highest BCUT2D eigenvalue weighted by molar-refractivity contribution is 5.80. The number of methoxy groups -OCH3 is 2. The lowest BCUT2D eigenvalue weighted by atomic mass is 10.0. The fourth-order valence-electron chi connectivity index (χ4n) is 4.18. The third-order valence-corrected chi connectivity index (χ3v) is 6.01. The largest absolute Gasteiger partial charge is 0.497 e. The summed E-state index contributed by atoms with van der Waals surface area (Å²) in [4.78, 5) is 9.70. The Bertz CT molecular complexity index is 651. The van der Waals surface area contributed by atoms with Crippen molar-refractivity contribution in [2.75, 3.05) is 58.9 Å². The topological polar surface area (TPSA) is 61.4 Å². The average molecular weight is 404 g/mol. The van der Waals surface area contributed by atoms with Gasteiger partial charge in [0.25, 0.3) is 0 Å². The van der Waals surface area contributed by atoms with Crippen molar-refractivity contribution in [3.8, 4) is 11.5 Å². The Morgan fingerprint density at radius 3 is 2.31 bits per heavy atom. The van der Waals surface area contributed by atoms with E-state index in [0.717, 1.165) is 62.2 Å². The lowest BCUT2D eigenvalue weighted by Gasteiger charge is -2.35. The number of likely N-dealkylation sites (N-methyl/N-ethyl adjacent to an activating group) is 1. The summed E-state index contributed by atoms with van der Waals surface area (Å²) < 4.78 is 10.8. The average Bonchev–Trinajstić information content (AvgIpc) is 3.17. The first-order valence-corrected chi connectivity index (χ1v) is 10.9. The molecule has 2 N–H and O–H groups in total. The molecule has 2 aliphatic rings. The van der Waals surface area contributed by atoms with Crippen LogP contribution in [0.25, 0.3) is 0 Å². The van der Waals surface area contributed by atoms with Crippen LogP contribution < -0.4 is 25.0 Å². The number of benzene rings is 1. The van der Waals surface area contributed by atoms with Gasteiger partial charge in [-0.2, -0.15) is 0 Å². The van der Waals surface area contributed by atoms with Gasteiger partial charge in [-0.25, -0.2) is 0 Å². The van der Waals surface area contributed by atoms with E-state index in [9.17, 15) is 0 Å². The molecule has 2 fully saturated rings. The fraction of sp³-hybridized carbons (Fsp3) is 0.682. The molecule has 0 aromatic heterocycles. The quantitative estimate of drug-likeness (QED) is 0.538. The van der Waals surface area contributed by atoms with E-state index in [2.05, 4.69) is 46.5 Å². The number of hydrogen-bond acceptors (Lipinski definition) is 5. The van der Waals surface area contributed by atoms with E-state index in [1.807, 2.05) is 6.07 Å². The number of hydrogen-bond donors (Lipinski definition) is 2. The van der Waals surface area contributed by atoms with Crippen LogP contribution in [-0.2, 0) is 0 Å². The first-order chi connectivity index (χ1) is 14.1. The Morgan fingerprint density at radius 2 is 1.76 bits per heavy atom. The van der Waals surface area contributed by atoms with Crippen molar-refractivity contribution < 1.29 is 9.47 Å². The van der Waals surface area contributed by atoms with Crippen molar-refractivity contribution in [2.45, 2.75) is 44.7 Å². The van der Waals surface area contributed by atoms with Crippen LogP contribution in [0.5, 0.6) is 11.5 Å². The number of rotatable bonds is 7. The Hall–Kier alpha value is -2.15. The second-order valence-electron chi connectivity index (χ2n) is 7.97. The van der Waals surface area contributed by atoms with Crippen LogP contribution in [0.1, 0.15) is 32.6 Å². The SMILES string of the molecule is CCNC(=NCC1CCCN1C)NC1CCN(c2cc(OC)cc(OC)c2)CC1. The first kappa shape index (κ1) is 21.6. The maximum atomic E-state index is 5.42. The van der Waals surface area contributed by atoms with Gasteiger partial charge in [-0.3, -0.25) is 4.99 Å². The molecule has 162 valence electrons. The minimum atomic E-state index is 0.442. The van der Waals surface area contributed by atoms with Gasteiger partial charge < -0.3 is 29.9 Å². The summed E-state index contributed by atoms with van der Waals surface area (Å²) in [5.41, 5.74) is 1.16. The second kappa shape index (κ2) is 10.6. The van der Waals surface area contributed by atoms with Crippen molar-refractivity contribution in [2.24, 2.45) is 4.99 Å². The normalized spacial score (nSPS) is 21.3. The summed E-state index contributed by atoms with van der Waals surface area (Å²) in [6.07, 6.45) is 4.69. The van der Waals surface area contributed by atoms with Crippen molar-refractivity contribution in [3.63, 3.8) is 0 Å². The minimum Gasteiger partial charge on any atom is -0.497 e. The number of aliphatic imine (C=N–C) groups is 1. The second-order valence-corrected chi connectivity index (χ2v) is 7.97. The van der Waals surface area contributed by atoms with Crippen molar-refractivity contribution in [1.29, 1.82) is 0 Å². The van der Waals surface area contributed by atoms with Crippen molar-refractivity contribution >= 4 is 11.6 Å². The lowest BCUT2D eigenvalue weighted by molar-refractivity contribution is 0.317. The summed E-state index contributed by atoms with van der Waals surface area (Å²) in [5.74, 6) is 2.62. The van der Waals surface area contributed by atoms with E-state index < -0.39 is 0 Å². The van der Waals surface area contributed by atoms with Crippen LogP contribution >= 0.6 is 0 Å². The number of anilines is 1. The number of ether oxygens (including phenoxy) is 2. The zero-order chi connectivity index (χ0) is 20.6. The molecule has 1 aromatic carbocycles. The predicted molar refractivity (Wildman–Crippen MR) is 120 cm³/mol. The summed E-state index contributed by atoms with van der Waals surface area (Å²) in [6.45, 7) is 7.07. The van der Waals surface area contributed by atoms with Gasteiger partial charge in [0.1, 0.15) is 11.5 Å². The zero-order valence-corrected chi connectivity index (χ0v) is 18.4. The molecule has 2 saturated heterocycles. The molecule has 7 nitrogen and oxygen atoms in total. The molecule has 1 unspecified atom stereocenters. The van der Waals surface area contributed by atoms with Crippen LogP contribution in [0.4, 0.5) is 5.69 Å². The molecule has 2 aliphatic heterocycles. The summed E-state index contributed by atoms with van der Waals surface area (Å²) >= 11 is 0. The number of likely N-dealkylation sites (tertiary alicyclic amines) is 1. The third kappa shape index (κ3) is 5.92. The molecule has 0 aliphatic carbocycles. The maximum absolute atomic E-state index is 5.42. The number of guanidine groups is 1. The van der Waals surface area contributed by atoms with Crippen LogP contribution in [0.2, 0.25) is 0 Å². The van der Waals surface area contributed by atoms with Gasteiger partial charge in [0.2, 0.25) is 0 Å². The van der Waals surface area contributed by atoms with Crippen LogP contribution in [0.3, 0.4) is 0 Å². The Labute approximate surface area is 175 Å². The van der Waals surface area contributed by atoms with Gasteiger partial charge in [-0.05, 0) is 46.2 Å². The molecule has 0 saturated carbocycles. The van der Waals surface area contributed by atoms with Crippen molar-refractivity contribution in [3.05, 3.63) is 18.2 Å². The van der Waals surface area contributed by atoms with Gasteiger partial charge in [0.05, 0.1) is 20.8 Å². The Balaban J connectivity index is 1.55. The zero-order valence-electron chi connectivity index (χ0n) is 18.4. The molecular formula is C22H37N5O2. The Morgan fingerprint density at radius 1 is 1.07 bits per heavy atom. The van der Waals surface area contributed by atoms with E-state index in [1.54, 1.807) is 14.2 Å². The molecule has 2 heterocycles.